The summed E-state index contributed by atoms with van der Waals surface area (Å²) in [5, 5.41) is 8.83. The van der Waals surface area contributed by atoms with Crippen LogP contribution < -0.4 is 14.2 Å². The highest BCUT2D eigenvalue weighted by atomic mass is 32.2. The summed E-state index contributed by atoms with van der Waals surface area (Å²) >= 11 is 0. The van der Waals surface area contributed by atoms with E-state index in [2.05, 4.69) is 9.47 Å². The Morgan fingerprint density at radius 3 is 1.69 bits per heavy atom. The molecule has 0 aliphatic carbocycles. The number of sulfonamides is 1. The molecule has 2 aromatic carbocycles. The van der Waals surface area contributed by atoms with E-state index in [-0.39, 0.29) is 49.6 Å². The minimum Gasteiger partial charge on any atom is -0.494 e. The number of alkyl halides is 6. The highest BCUT2D eigenvalue weighted by Gasteiger charge is 2.32. The van der Waals surface area contributed by atoms with Crippen LogP contribution in [0.3, 0.4) is 0 Å². The van der Waals surface area contributed by atoms with Gasteiger partial charge < -0.3 is 19.3 Å². The van der Waals surface area contributed by atoms with Gasteiger partial charge in [-0.1, -0.05) is 0 Å². The highest BCUT2D eigenvalue weighted by Crippen LogP contribution is 2.26. The first kappa shape index (κ1) is 29.0. The van der Waals surface area contributed by atoms with Gasteiger partial charge in [0.1, 0.15) is 17.2 Å². The molecule has 0 radical (unpaired) electrons. The van der Waals surface area contributed by atoms with Gasteiger partial charge in [0.15, 0.2) is 0 Å². The number of carboxylic acid groups (broad SMARTS) is 1. The number of benzene rings is 2. The Morgan fingerprint density at radius 1 is 0.778 bits per heavy atom. The van der Waals surface area contributed by atoms with Gasteiger partial charge in [-0.15, -0.1) is 26.3 Å². The highest BCUT2D eigenvalue weighted by molar-refractivity contribution is 7.89. The van der Waals surface area contributed by atoms with Crippen LogP contribution in [0, 0.1) is 0 Å². The van der Waals surface area contributed by atoms with E-state index in [0.717, 1.165) is 40.7 Å². The fourth-order valence-electron chi connectivity index (χ4n) is 2.89. The Kier molecular flexibility index (Phi) is 9.81. The third-order valence-electron chi connectivity index (χ3n) is 4.37. The molecule has 0 aromatic heterocycles. The van der Waals surface area contributed by atoms with Crippen LogP contribution >= 0.6 is 0 Å². The predicted octanol–water partition coefficient (Wildman–Crippen LogP) is 4.81. The van der Waals surface area contributed by atoms with Gasteiger partial charge >= 0.3 is 18.7 Å². The number of aliphatic carboxylic acids is 1. The number of nitrogens with zero attached hydrogens (tertiary/aromatic N) is 1. The zero-order valence-corrected chi connectivity index (χ0v) is 19.2. The lowest BCUT2D eigenvalue weighted by molar-refractivity contribution is -0.275. The van der Waals surface area contributed by atoms with E-state index in [1.54, 1.807) is 0 Å². The Morgan fingerprint density at radius 2 is 1.22 bits per heavy atom. The fraction of sp³-hybridized carbons (Fsp3) is 0.381. The molecule has 200 valence electrons. The summed E-state index contributed by atoms with van der Waals surface area (Å²) in [5.41, 5.74) is 0. The van der Waals surface area contributed by atoms with Crippen LogP contribution in [0.2, 0.25) is 0 Å². The summed E-state index contributed by atoms with van der Waals surface area (Å²) in [6, 6.07) is 8.08. The molecule has 15 heteroatoms. The van der Waals surface area contributed by atoms with Crippen LogP contribution in [-0.4, -0.2) is 56.2 Å². The zero-order valence-electron chi connectivity index (χ0n) is 18.4. The van der Waals surface area contributed by atoms with Crippen LogP contribution in [0.5, 0.6) is 17.2 Å². The maximum atomic E-state index is 13.0. The van der Waals surface area contributed by atoms with E-state index >= 15 is 0 Å². The van der Waals surface area contributed by atoms with Crippen LogP contribution in [0.1, 0.15) is 19.3 Å². The predicted molar refractivity (Wildman–Crippen MR) is 112 cm³/mol. The Labute approximate surface area is 202 Å². The van der Waals surface area contributed by atoms with Gasteiger partial charge in [-0.2, -0.15) is 4.31 Å². The topological polar surface area (TPSA) is 102 Å². The molecule has 0 aliphatic heterocycles. The van der Waals surface area contributed by atoms with Gasteiger partial charge in [0.25, 0.3) is 0 Å². The monoisotopic (exact) mass is 545 g/mol. The average molecular weight is 545 g/mol. The van der Waals surface area contributed by atoms with E-state index in [9.17, 15) is 39.6 Å². The number of carboxylic acids is 1. The molecule has 2 rings (SSSR count). The zero-order chi connectivity index (χ0) is 27.0. The van der Waals surface area contributed by atoms with Crippen molar-refractivity contribution in [1.29, 1.82) is 0 Å². The van der Waals surface area contributed by atoms with E-state index in [1.807, 2.05) is 0 Å². The van der Waals surface area contributed by atoms with Crippen molar-refractivity contribution in [1.82, 2.24) is 4.31 Å². The summed E-state index contributed by atoms with van der Waals surface area (Å²) < 4.78 is 113. The largest absolute Gasteiger partial charge is 0.573 e. The summed E-state index contributed by atoms with van der Waals surface area (Å²) in [5.74, 6) is -2.00. The minimum absolute atomic E-state index is 0.0225. The second-order valence-corrected chi connectivity index (χ2v) is 9.08. The molecule has 1 N–H and O–H groups in total. The Balaban J connectivity index is 2.01. The van der Waals surface area contributed by atoms with E-state index in [1.165, 1.54) is 12.1 Å². The van der Waals surface area contributed by atoms with E-state index in [4.69, 9.17) is 9.84 Å². The quantitative estimate of drug-likeness (QED) is 0.285. The molecule has 0 heterocycles. The molecule has 0 spiro atoms. The molecule has 0 bridgehead atoms. The van der Waals surface area contributed by atoms with Crippen molar-refractivity contribution < 1.29 is 58.9 Å². The van der Waals surface area contributed by atoms with Crippen molar-refractivity contribution >= 4 is 16.0 Å². The normalized spacial score (nSPS) is 12.4. The van der Waals surface area contributed by atoms with Gasteiger partial charge in [-0.25, -0.2) is 8.42 Å². The average Bonchev–Trinajstić information content (AvgIpc) is 2.74. The lowest BCUT2D eigenvalue weighted by Crippen LogP contribution is -2.34. The van der Waals surface area contributed by atoms with Gasteiger partial charge in [-0.05, 0) is 61.4 Å². The van der Waals surface area contributed by atoms with Crippen molar-refractivity contribution in [3.63, 3.8) is 0 Å². The molecule has 8 nitrogen and oxygen atoms in total. The molecule has 0 unspecified atom stereocenters. The molecule has 0 fully saturated rings. The molecule has 0 atom stereocenters. The fourth-order valence-corrected chi connectivity index (χ4v) is 4.41. The molecular weight excluding hydrogens is 524 g/mol. The smallest absolute Gasteiger partial charge is 0.494 e. The second kappa shape index (κ2) is 12.2. The van der Waals surface area contributed by atoms with Crippen LogP contribution in [0.15, 0.2) is 53.4 Å². The van der Waals surface area contributed by atoms with Crippen LogP contribution in [0.4, 0.5) is 26.3 Å². The van der Waals surface area contributed by atoms with E-state index in [0.29, 0.717) is 0 Å². The molecular formula is C21H21F6NO7S. The van der Waals surface area contributed by atoms with Gasteiger partial charge in [-0.3, -0.25) is 4.79 Å². The lowest BCUT2D eigenvalue weighted by Gasteiger charge is -2.22. The summed E-state index contributed by atoms with van der Waals surface area (Å²) in [4.78, 5) is 10.5. The van der Waals surface area contributed by atoms with Gasteiger partial charge in [0.05, 0.1) is 11.5 Å². The third kappa shape index (κ3) is 10.2. The molecule has 0 saturated carbocycles. The van der Waals surface area contributed by atoms with Crippen molar-refractivity contribution in [3.8, 4) is 17.2 Å². The van der Waals surface area contributed by atoms with Gasteiger partial charge in [0, 0.05) is 19.5 Å². The number of ether oxygens (including phenoxy) is 3. The third-order valence-corrected chi connectivity index (χ3v) is 6.28. The van der Waals surface area contributed by atoms with Crippen molar-refractivity contribution in [3.05, 3.63) is 48.5 Å². The van der Waals surface area contributed by atoms with Crippen LogP contribution in [0.25, 0.3) is 0 Å². The number of carbonyl (C=O) groups is 1. The van der Waals surface area contributed by atoms with Crippen molar-refractivity contribution in [2.75, 3.05) is 19.7 Å². The van der Waals surface area contributed by atoms with Crippen LogP contribution in [-0.2, 0) is 14.8 Å². The summed E-state index contributed by atoms with van der Waals surface area (Å²) in [7, 11) is -4.20. The molecule has 0 aliphatic rings. The van der Waals surface area contributed by atoms with E-state index < -0.39 is 40.2 Å². The maximum absolute atomic E-state index is 13.0. The molecule has 2 aromatic rings. The second-order valence-electron chi connectivity index (χ2n) is 7.14. The van der Waals surface area contributed by atoms with Crippen molar-refractivity contribution in [2.24, 2.45) is 0 Å². The Bertz CT molecular complexity index is 1090. The lowest BCUT2D eigenvalue weighted by atomic mass is 10.3. The standard InChI is InChI=1S/C21H21F6NO7S/c22-20(23,24)34-16-6-4-15(5-7-16)33-14-2-13-28(12-1-3-19(29)30)36(31,32)18-10-8-17(9-11-18)35-21(25,26)27/h4-11H,1-3,12-14H2,(H,29,30). The SMILES string of the molecule is O=C(O)CCCN(CCCOc1ccc(OC(F)(F)F)cc1)S(=O)(=O)c1ccc(OC(F)(F)F)cc1. The molecule has 0 saturated heterocycles. The Hall–Kier alpha value is -3.20. The first-order valence-electron chi connectivity index (χ1n) is 10.2. The van der Waals surface area contributed by atoms with Crippen molar-refractivity contribution in [2.45, 2.75) is 36.9 Å². The minimum atomic E-state index is -4.95. The number of hydrogen-bond donors (Lipinski definition) is 1. The number of halogens is 6. The summed E-state index contributed by atoms with van der Waals surface area (Å²) in [6.45, 7) is -0.347. The maximum Gasteiger partial charge on any atom is 0.573 e. The summed E-state index contributed by atoms with van der Waals surface area (Å²) in [6.07, 6.45) is -10.0. The first-order valence-corrected chi connectivity index (χ1v) is 11.7. The first-order chi connectivity index (χ1) is 16.7. The number of hydrogen-bond acceptors (Lipinski definition) is 6. The van der Waals surface area contributed by atoms with Gasteiger partial charge in [0.2, 0.25) is 10.0 Å². The molecule has 36 heavy (non-hydrogen) atoms. The molecule has 0 amide bonds. The number of rotatable bonds is 13.